The van der Waals surface area contributed by atoms with E-state index in [-0.39, 0.29) is 29.8 Å². The topological polar surface area (TPSA) is 75.8 Å². The van der Waals surface area contributed by atoms with Gasteiger partial charge in [-0.2, -0.15) is 0 Å². The normalized spacial score (nSPS) is 11.1. The number of aromatic nitrogens is 3. The number of fused-ring (bicyclic) bond motifs is 1. The Kier molecular flexibility index (Phi) is 8.37. The van der Waals surface area contributed by atoms with Crippen LogP contribution in [0.3, 0.4) is 0 Å². The Bertz CT molecular complexity index is 1180. The molecule has 2 aromatic heterocycles. The van der Waals surface area contributed by atoms with E-state index in [0.29, 0.717) is 25.7 Å². The summed E-state index contributed by atoms with van der Waals surface area (Å²) in [4.78, 5) is 4.25. The molecule has 4 rings (SSSR count). The third kappa shape index (κ3) is 6.16. The smallest absolute Gasteiger partial charge is 0.191 e. The van der Waals surface area contributed by atoms with Crippen LogP contribution in [0.1, 0.15) is 17.0 Å². The highest BCUT2D eigenvalue weighted by atomic mass is 127. The number of ether oxygens (including phenoxy) is 1. The van der Waals surface area contributed by atoms with Gasteiger partial charge in [-0.25, -0.2) is 4.39 Å². The SMILES string of the molecule is CN=C(NCc1ccc(OCc2cccc(F)c2)cc1)NCc1nnc2ccccn12.I. The average Bonchev–Trinajstić information content (AvgIpc) is 3.22. The fourth-order valence-corrected chi connectivity index (χ4v) is 3.08. The monoisotopic (exact) mass is 546 g/mol. The second kappa shape index (κ2) is 11.4. The molecule has 2 aromatic carbocycles. The summed E-state index contributed by atoms with van der Waals surface area (Å²) in [5.41, 5.74) is 2.68. The van der Waals surface area contributed by atoms with Crippen molar-refractivity contribution in [3.05, 3.63) is 95.7 Å². The number of pyridine rings is 1. The van der Waals surface area contributed by atoms with Gasteiger partial charge in [0.2, 0.25) is 0 Å². The van der Waals surface area contributed by atoms with E-state index >= 15 is 0 Å². The first-order chi connectivity index (χ1) is 15.2. The van der Waals surface area contributed by atoms with Crippen LogP contribution >= 0.6 is 24.0 Å². The Balaban J connectivity index is 0.00000289. The highest BCUT2D eigenvalue weighted by Gasteiger charge is 2.06. The number of guanidine groups is 1. The maximum Gasteiger partial charge on any atom is 0.191 e. The molecule has 9 heteroatoms. The van der Waals surface area contributed by atoms with E-state index in [1.165, 1.54) is 12.1 Å². The lowest BCUT2D eigenvalue weighted by molar-refractivity contribution is 0.305. The first-order valence-corrected chi connectivity index (χ1v) is 9.90. The molecule has 0 fully saturated rings. The largest absolute Gasteiger partial charge is 0.489 e. The molecule has 2 heterocycles. The minimum Gasteiger partial charge on any atom is -0.489 e. The summed E-state index contributed by atoms with van der Waals surface area (Å²) in [7, 11) is 1.72. The predicted octanol–water partition coefficient (Wildman–Crippen LogP) is 3.93. The average molecular weight is 546 g/mol. The summed E-state index contributed by atoms with van der Waals surface area (Å²) in [6.07, 6.45) is 1.93. The summed E-state index contributed by atoms with van der Waals surface area (Å²) in [6.45, 7) is 1.42. The van der Waals surface area contributed by atoms with Gasteiger partial charge in [-0.1, -0.05) is 30.3 Å². The van der Waals surface area contributed by atoms with Crippen molar-refractivity contribution in [1.29, 1.82) is 0 Å². The molecular formula is C23H24FIN6O. The number of hydrogen-bond acceptors (Lipinski definition) is 4. The van der Waals surface area contributed by atoms with Crippen LogP contribution in [-0.4, -0.2) is 27.6 Å². The number of rotatable bonds is 7. The molecule has 32 heavy (non-hydrogen) atoms. The van der Waals surface area contributed by atoms with Crippen LogP contribution in [0.15, 0.2) is 77.9 Å². The van der Waals surface area contributed by atoms with Crippen molar-refractivity contribution in [3.8, 4) is 5.75 Å². The maximum absolute atomic E-state index is 13.2. The number of nitrogens with one attached hydrogen (secondary N) is 2. The first-order valence-electron chi connectivity index (χ1n) is 9.90. The highest BCUT2D eigenvalue weighted by Crippen LogP contribution is 2.15. The molecule has 0 aliphatic heterocycles. The molecule has 0 aliphatic rings. The second-order valence-electron chi connectivity index (χ2n) is 6.89. The highest BCUT2D eigenvalue weighted by molar-refractivity contribution is 14.0. The standard InChI is InChI=1S/C23H23FN6O.HI/c1-25-23(27-15-22-29-28-21-7-2-3-12-30(21)22)26-14-17-8-10-20(11-9-17)31-16-18-5-4-6-19(24)13-18;/h2-13H,14-16H2,1H3,(H2,25,26,27);1H. The molecule has 0 atom stereocenters. The van der Waals surface area contributed by atoms with Gasteiger partial charge in [0.15, 0.2) is 17.4 Å². The Morgan fingerprint density at radius 1 is 0.969 bits per heavy atom. The molecule has 0 saturated carbocycles. The lowest BCUT2D eigenvalue weighted by atomic mass is 10.2. The molecule has 7 nitrogen and oxygen atoms in total. The fraction of sp³-hybridized carbons (Fsp3) is 0.174. The zero-order valence-electron chi connectivity index (χ0n) is 17.5. The molecule has 0 amide bonds. The fourth-order valence-electron chi connectivity index (χ4n) is 3.08. The molecular weight excluding hydrogens is 522 g/mol. The predicted molar refractivity (Wildman–Crippen MR) is 133 cm³/mol. The van der Waals surface area contributed by atoms with Crippen molar-refractivity contribution in [2.75, 3.05) is 7.05 Å². The molecule has 2 N–H and O–H groups in total. The molecule has 0 radical (unpaired) electrons. The van der Waals surface area contributed by atoms with Crippen LogP contribution in [0, 0.1) is 5.82 Å². The third-order valence-corrected chi connectivity index (χ3v) is 4.70. The van der Waals surface area contributed by atoms with Crippen LogP contribution < -0.4 is 15.4 Å². The molecule has 0 saturated heterocycles. The van der Waals surface area contributed by atoms with E-state index in [2.05, 4.69) is 25.8 Å². The second-order valence-corrected chi connectivity index (χ2v) is 6.89. The first kappa shape index (κ1) is 23.5. The molecule has 0 spiro atoms. The van der Waals surface area contributed by atoms with E-state index in [1.807, 2.05) is 59.1 Å². The Morgan fingerprint density at radius 2 is 1.78 bits per heavy atom. The number of halogens is 2. The molecule has 0 bridgehead atoms. The van der Waals surface area contributed by atoms with Crippen molar-refractivity contribution in [3.63, 3.8) is 0 Å². The summed E-state index contributed by atoms with van der Waals surface area (Å²) < 4.78 is 20.9. The zero-order chi connectivity index (χ0) is 21.5. The van der Waals surface area contributed by atoms with E-state index in [1.54, 1.807) is 13.1 Å². The van der Waals surface area contributed by atoms with E-state index in [4.69, 9.17) is 4.74 Å². The minimum atomic E-state index is -0.262. The van der Waals surface area contributed by atoms with Crippen molar-refractivity contribution in [2.45, 2.75) is 19.7 Å². The Labute approximate surface area is 202 Å². The summed E-state index contributed by atoms with van der Waals surface area (Å²) in [6, 6.07) is 19.9. The molecule has 166 valence electrons. The molecule has 0 unspecified atom stereocenters. The molecule has 4 aromatic rings. The summed E-state index contributed by atoms with van der Waals surface area (Å²) in [5.74, 6) is 1.94. The van der Waals surface area contributed by atoms with Gasteiger partial charge in [0.25, 0.3) is 0 Å². The summed E-state index contributed by atoms with van der Waals surface area (Å²) >= 11 is 0. The van der Waals surface area contributed by atoms with E-state index in [9.17, 15) is 4.39 Å². The quantitative estimate of drug-likeness (QED) is 0.209. The third-order valence-electron chi connectivity index (χ3n) is 4.70. The van der Waals surface area contributed by atoms with Gasteiger partial charge in [0.1, 0.15) is 18.2 Å². The van der Waals surface area contributed by atoms with Crippen molar-refractivity contribution in [2.24, 2.45) is 4.99 Å². The van der Waals surface area contributed by atoms with Gasteiger partial charge in [-0.05, 0) is 47.5 Å². The summed E-state index contributed by atoms with van der Waals surface area (Å²) in [5, 5.41) is 14.9. The minimum absolute atomic E-state index is 0. The number of hydrogen-bond donors (Lipinski definition) is 2. The van der Waals surface area contributed by atoms with Crippen molar-refractivity contribution < 1.29 is 9.13 Å². The maximum atomic E-state index is 13.2. The number of nitrogens with zero attached hydrogens (tertiary/aromatic N) is 4. The molecule has 0 aliphatic carbocycles. The van der Waals surface area contributed by atoms with E-state index < -0.39 is 0 Å². The van der Waals surface area contributed by atoms with E-state index in [0.717, 1.165) is 28.3 Å². The Morgan fingerprint density at radius 3 is 2.56 bits per heavy atom. The van der Waals surface area contributed by atoms with Crippen LogP contribution in [0.2, 0.25) is 0 Å². The van der Waals surface area contributed by atoms with Gasteiger partial charge < -0.3 is 15.4 Å². The van der Waals surface area contributed by atoms with Gasteiger partial charge in [0.05, 0.1) is 6.54 Å². The van der Waals surface area contributed by atoms with Crippen LogP contribution in [0.25, 0.3) is 5.65 Å². The van der Waals surface area contributed by atoms with Gasteiger partial charge in [0, 0.05) is 19.8 Å². The van der Waals surface area contributed by atoms with Crippen molar-refractivity contribution >= 4 is 35.6 Å². The van der Waals surface area contributed by atoms with Crippen molar-refractivity contribution in [1.82, 2.24) is 25.2 Å². The van der Waals surface area contributed by atoms with Gasteiger partial charge in [-0.15, -0.1) is 34.2 Å². The van der Waals surface area contributed by atoms with Gasteiger partial charge >= 0.3 is 0 Å². The van der Waals surface area contributed by atoms with Crippen LogP contribution in [0.4, 0.5) is 4.39 Å². The lowest BCUT2D eigenvalue weighted by Crippen LogP contribution is -2.36. The van der Waals surface area contributed by atoms with Gasteiger partial charge in [-0.3, -0.25) is 9.39 Å². The van der Waals surface area contributed by atoms with Crippen LogP contribution in [-0.2, 0) is 19.7 Å². The number of aliphatic imine (C=N–C) groups is 1. The Hall–Kier alpha value is -3.21. The lowest BCUT2D eigenvalue weighted by Gasteiger charge is -2.12. The zero-order valence-corrected chi connectivity index (χ0v) is 19.9. The number of benzene rings is 2. The van der Waals surface area contributed by atoms with Crippen LogP contribution in [0.5, 0.6) is 5.75 Å².